The van der Waals surface area contributed by atoms with E-state index in [0.29, 0.717) is 0 Å². The van der Waals surface area contributed by atoms with E-state index in [-0.39, 0.29) is 0 Å². The predicted molar refractivity (Wildman–Crippen MR) is 491 cm³/mol. The van der Waals surface area contributed by atoms with Crippen LogP contribution >= 0.6 is 8.60 Å². The van der Waals surface area contributed by atoms with E-state index in [1.807, 2.05) is 0 Å². The van der Waals surface area contributed by atoms with Crippen LogP contribution in [-0.2, 0) is 38.5 Å². The number of benzene rings is 9. The zero-order valence-corrected chi connectivity index (χ0v) is 72.1. The summed E-state index contributed by atoms with van der Waals surface area (Å²) in [6, 6.07) is 76.3. The van der Waals surface area contributed by atoms with E-state index in [0.717, 1.165) is 111 Å². The second-order valence-electron chi connectivity index (χ2n) is 32.7. The van der Waals surface area contributed by atoms with Gasteiger partial charge in [-0.2, -0.15) is 0 Å². The van der Waals surface area contributed by atoms with Gasteiger partial charge in [-0.05, 0) is 179 Å². The van der Waals surface area contributed by atoms with Crippen LogP contribution in [0, 0.1) is 0 Å². The van der Waals surface area contributed by atoms with Gasteiger partial charge in [-0.1, -0.05) is 455 Å². The summed E-state index contributed by atoms with van der Waals surface area (Å²) in [5, 5.41) is 0. The summed E-state index contributed by atoms with van der Waals surface area (Å²) < 4.78 is 24.4. The molecule has 0 aromatic heterocycles. The van der Waals surface area contributed by atoms with E-state index >= 15 is 0 Å². The van der Waals surface area contributed by atoms with Gasteiger partial charge in [0.1, 0.15) is 17.2 Å². The Bertz CT molecular complexity index is 3620. The molecule has 0 aliphatic heterocycles. The monoisotopic (exact) mass is 1520 g/mol. The molecule has 0 radical (unpaired) electrons. The van der Waals surface area contributed by atoms with Crippen LogP contribution in [0.25, 0.3) is 66.8 Å². The Morgan fingerprint density at radius 3 is 0.527 bits per heavy atom. The largest absolute Gasteiger partial charge is 0.530 e. The van der Waals surface area contributed by atoms with E-state index in [2.05, 4.69) is 242 Å². The average Bonchev–Trinajstić information content (AvgIpc) is 0.779. The summed E-state index contributed by atoms with van der Waals surface area (Å²) in [6.07, 6.45) is 59.3. The fraction of sp³-hybridized carbons (Fsp3) is 0.500. The number of rotatable bonds is 60. The Morgan fingerprint density at radius 2 is 0.321 bits per heavy atom. The van der Waals surface area contributed by atoms with Gasteiger partial charge in [0.2, 0.25) is 0 Å². The molecular weight excluding hydrogens is 1380 g/mol. The first kappa shape index (κ1) is 88.8. The van der Waals surface area contributed by atoms with E-state index < -0.39 is 8.60 Å². The van der Waals surface area contributed by atoms with E-state index in [1.165, 1.54) is 315 Å². The zero-order chi connectivity index (χ0) is 78.1. The van der Waals surface area contributed by atoms with Crippen LogP contribution in [0.15, 0.2) is 200 Å². The van der Waals surface area contributed by atoms with Crippen molar-refractivity contribution in [2.24, 2.45) is 0 Å². The Labute approximate surface area is 685 Å². The average molecular weight is 1520 g/mol. The molecule has 0 aliphatic rings. The van der Waals surface area contributed by atoms with Crippen LogP contribution in [0.4, 0.5) is 0 Å². The molecular formula is C108H147O3P. The Morgan fingerprint density at radius 1 is 0.161 bits per heavy atom. The lowest BCUT2D eigenvalue weighted by atomic mass is 9.87. The lowest BCUT2D eigenvalue weighted by molar-refractivity contribution is 0.390. The quantitative estimate of drug-likeness (QED) is 0.0281. The van der Waals surface area contributed by atoms with Crippen LogP contribution in [0.3, 0.4) is 0 Å². The van der Waals surface area contributed by atoms with Crippen molar-refractivity contribution in [1.82, 2.24) is 0 Å². The first-order valence-electron chi connectivity index (χ1n) is 46.2. The molecule has 0 bridgehead atoms. The first-order chi connectivity index (χ1) is 55.5. The standard InChI is InChI=1S/C108H147O3P/c1-7-13-19-25-31-37-43-64-88-70-49-55-76-94(88)100-82-61-85-103(106(100)97-79-58-52-73-91(97)67-46-40-34-28-22-16-10-4)109-112(110-104-86-62-83-101(95-77-56-50-71-89(95)65-44-38-32-26-20-14-8-2)107(104)98-80-59-53-74-92(98)68-47-41-35-29-23-17-11-5)111-105-87-63-84-102(96-78-57-51-72-90(96)66-45-39-33-27-21-15-9-3)108(105)99-81-60-54-75-93(99)69-48-42-36-30-24-18-12-6/h49-63,70-87H,7-48,64-69H2,1-6H3. The third-order valence-electron chi connectivity index (χ3n) is 23.7. The third-order valence-corrected chi connectivity index (χ3v) is 24.7. The molecule has 112 heavy (non-hydrogen) atoms. The van der Waals surface area contributed by atoms with Crippen molar-refractivity contribution < 1.29 is 13.6 Å². The minimum Gasteiger partial charge on any atom is -0.408 e. The van der Waals surface area contributed by atoms with Crippen molar-refractivity contribution in [3.8, 4) is 84.0 Å². The van der Waals surface area contributed by atoms with E-state index in [1.54, 1.807) is 0 Å². The molecule has 9 rings (SSSR count). The second kappa shape index (κ2) is 53.8. The topological polar surface area (TPSA) is 27.7 Å². The zero-order valence-electron chi connectivity index (χ0n) is 71.2. The molecule has 0 amide bonds. The van der Waals surface area contributed by atoms with E-state index in [4.69, 9.17) is 13.6 Å². The minimum atomic E-state index is -2.32. The highest BCUT2D eigenvalue weighted by molar-refractivity contribution is 7.43. The third kappa shape index (κ3) is 29.3. The number of hydrogen-bond donors (Lipinski definition) is 0. The van der Waals surface area contributed by atoms with Crippen LogP contribution in [0.1, 0.15) is 345 Å². The molecule has 0 atom stereocenters. The summed E-state index contributed by atoms with van der Waals surface area (Å²) in [7, 11) is -2.32. The van der Waals surface area contributed by atoms with Crippen LogP contribution in [0.2, 0.25) is 0 Å². The van der Waals surface area contributed by atoms with Gasteiger partial charge in [0, 0.05) is 16.7 Å². The molecule has 9 aromatic rings. The minimum absolute atomic E-state index is 0.774. The lowest BCUT2D eigenvalue weighted by Gasteiger charge is -2.26. The van der Waals surface area contributed by atoms with Gasteiger partial charge in [-0.3, -0.25) is 0 Å². The Kier molecular flexibility index (Phi) is 42.6. The molecule has 0 saturated carbocycles. The van der Waals surface area contributed by atoms with Crippen molar-refractivity contribution >= 4 is 8.60 Å². The molecule has 0 fully saturated rings. The molecule has 9 aromatic carbocycles. The highest BCUT2D eigenvalue weighted by Crippen LogP contribution is 2.55. The molecule has 4 heteroatoms. The van der Waals surface area contributed by atoms with Gasteiger partial charge in [0.25, 0.3) is 0 Å². The fourth-order valence-electron chi connectivity index (χ4n) is 17.2. The summed E-state index contributed by atoms with van der Waals surface area (Å²) in [5.41, 5.74) is 22.6. The van der Waals surface area contributed by atoms with Gasteiger partial charge in [-0.15, -0.1) is 0 Å². The van der Waals surface area contributed by atoms with Crippen molar-refractivity contribution in [2.75, 3.05) is 0 Å². The van der Waals surface area contributed by atoms with Gasteiger partial charge in [0.05, 0.1) is 0 Å². The summed E-state index contributed by atoms with van der Waals surface area (Å²) >= 11 is 0. The fourth-order valence-corrected chi connectivity index (χ4v) is 18.3. The van der Waals surface area contributed by atoms with Crippen molar-refractivity contribution in [2.45, 2.75) is 350 Å². The van der Waals surface area contributed by atoms with Crippen LogP contribution in [-0.4, -0.2) is 0 Å². The van der Waals surface area contributed by atoms with Crippen molar-refractivity contribution in [1.29, 1.82) is 0 Å². The van der Waals surface area contributed by atoms with Gasteiger partial charge in [-0.25, -0.2) is 0 Å². The highest BCUT2D eigenvalue weighted by Gasteiger charge is 2.31. The molecule has 0 heterocycles. The van der Waals surface area contributed by atoms with Gasteiger partial charge in [0.15, 0.2) is 0 Å². The highest BCUT2D eigenvalue weighted by atomic mass is 31.2. The number of hydrogen-bond acceptors (Lipinski definition) is 3. The molecule has 0 saturated heterocycles. The molecule has 3 nitrogen and oxygen atoms in total. The summed E-state index contributed by atoms with van der Waals surface area (Å²) in [6.45, 7) is 13.9. The summed E-state index contributed by atoms with van der Waals surface area (Å²) in [5.74, 6) is 2.32. The lowest BCUT2D eigenvalue weighted by Crippen LogP contribution is -2.07. The molecule has 602 valence electrons. The van der Waals surface area contributed by atoms with Gasteiger partial charge < -0.3 is 13.6 Å². The summed E-state index contributed by atoms with van der Waals surface area (Å²) in [4.78, 5) is 0. The molecule has 0 spiro atoms. The first-order valence-corrected chi connectivity index (χ1v) is 47.3. The van der Waals surface area contributed by atoms with E-state index in [9.17, 15) is 0 Å². The van der Waals surface area contributed by atoms with Crippen molar-refractivity contribution in [3.63, 3.8) is 0 Å². The number of aryl methyl sites for hydroxylation is 6. The maximum absolute atomic E-state index is 8.13. The smallest absolute Gasteiger partial charge is 0.408 e. The van der Waals surface area contributed by atoms with Crippen LogP contribution < -0.4 is 13.6 Å². The normalized spacial score (nSPS) is 11.5. The molecule has 0 aliphatic carbocycles. The van der Waals surface area contributed by atoms with Crippen LogP contribution in [0.5, 0.6) is 17.2 Å². The maximum atomic E-state index is 8.13. The second-order valence-corrected chi connectivity index (χ2v) is 33.7. The van der Waals surface area contributed by atoms with Crippen molar-refractivity contribution in [3.05, 3.63) is 234 Å². The predicted octanol–water partition coefficient (Wildman–Crippen LogP) is 35.2. The number of unbranched alkanes of at least 4 members (excludes halogenated alkanes) is 36. The molecule has 0 unspecified atom stereocenters. The Balaban J connectivity index is 1.26. The van der Waals surface area contributed by atoms with Gasteiger partial charge >= 0.3 is 8.60 Å². The molecule has 0 N–H and O–H groups in total. The Hall–Kier alpha value is -7.19. The SMILES string of the molecule is CCCCCCCCCc1ccccc1-c1cccc(OP(Oc2cccc(-c3ccccc3CCCCCCCCC)c2-c2ccccc2CCCCCCCCC)Oc2cccc(-c3ccccc3CCCCCCCCC)c2-c2ccccc2CCCCCCCCC)c1-c1ccccc1CCCCCCCCC. The maximum Gasteiger partial charge on any atom is 0.530 e.